The lowest BCUT2D eigenvalue weighted by molar-refractivity contribution is -0.122. The molecule has 1 N–H and O–H groups in total. The molecule has 24 heavy (non-hydrogen) atoms. The number of anilines is 2. The van der Waals surface area contributed by atoms with Crippen molar-refractivity contribution in [1.29, 1.82) is 0 Å². The van der Waals surface area contributed by atoms with Crippen molar-refractivity contribution in [2.75, 3.05) is 23.9 Å². The minimum atomic E-state index is -0.358. The van der Waals surface area contributed by atoms with Gasteiger partial charge in [-0.3, -0.25) is 9.59 Å². The summed E-state index contributed by atoms with van der Waals surface area (Å²) in [6.45, 7) is 2.37. The summed E-state index contributed by atoms with van der Waals surface area (Å²) in [5.74, 6) is 0.155. The zero-order chi connectivity index (χ0) is 17.1. The Bertz CT molecular complexity index is 773. The minimum absolute atomic E-state index is 0.0184. The third-order valence-electron chi connectivity index (χ3n) is 4.24. The molecule has 1 heterocycles. The Kier molecular flexibility index (Phi) is 4.51. The quantitative estimate of drug-likeness (QED) is 0.940. The number of ether oxygens (including phenoxy) is 1. The van der Waals surface area contributed by atoms with Crippen LogP contribution in [0.5, 0.6) is 5.75 Å². The van der Waals surface area contributed by atoms with Crippen LogP contribution in [0, 0.1) is 12.8 Å². The molecule has 0 aromatic heterocycles. The summed E-state index contributed by atoms with van der Waals surface area (Å²) in [5.41, 5.74) is 2.57. The zero-order valence-corrected chi connectivity index (χ0v) is 13.8. The van der Waals surface area contributed by atoms with Gasteiger partial charge in [0, 0.05) is 30.4 Å². The van der Waals surface area contributed by atoms with E-state index in [1.165, 1.54) is 0 Å². The standard InChI is InChI=1S/C19H20N2O3/c1-13-6-3-4-9-17(13)21-12-14(10-18(21)22)19(23)20-15-7-5-8-16(11-15)24-2/h3-9,11,14H,10,12H2,1-2H3,(H,20,23)/t14-/m1/s1. The molecule has 0 aliphatic carbocycles. The van der Waals surface area contributed by atoms with Crippen molar-refractivity contribution in [3.05, 3.63) is 54.1 Å². The van der Waals surface area contributed by atoms with E-state index in [-0.39, 0.29) is 24.2 Å². The van der Waals surface area contributed by atoms with E-state index in [2.05, 4.69) is 5.32 Å². The zero-order valence-electron chi connectivity index (χ0n) is 13.8. The van der Waals surface area contributed by atoms with E-state index in [4.69, 9.17) is 4.74 Å². The molecule has 1 aliphatic rings. The van der Waals surface area contributed by atoms with Gasteiger partial charge >= 0.3 is 0 Å². The van der Waals surface area contributed by atoms with Crippen molar-refractivity contribution >= 4 is 23.2 Å². The number of methoxy groups -OCH3 is 1. The Labute approximate surface area is 141 Å². The molecule has 0 spiro atoms. The van der Waals surface area contributed by atoms with E-state index in [1.54, 1.807) is 24.1 Å². The second kappa shape index (κ2) is 6.74. The highest BCUT2D eigenvalue weighted by atomic mass is 16.5. The van der Waals surface area contributed by atoms with Gasteiger partial charge in [-0.05, 0) is 30.7 Å². The predicted octanol–water partition coefficient (Wildman–Crippen LogP) is 3.00. The number of aryl methyl sites for hydroxylation is 1. The lowest BCUT2D eigenvalue weighted by Crippen LogP contribution is -2.28. The fraction of sp³-hybridized carbons (Fsp3) is 0.263. The van der Waals surface area contributed by atoms with Gasteiger partial charge in [-0.2, -0.15) is 0 Å². The Hall–Kier alpha value is -2.82. The molecule has 5 nitrogen and oxygen atoms in total. The van der Waals surface area contributed by atoms with Crippen LogP contribution in [0.25, 0.3) is 0 Å². The first-order chi connectivity index (χ1) is 11.6. The van der Waals surface area contributed by atoms with Crippen LogP contribution in [-0.2, 0) is 9.59 Å². The fourth-order valence-corrected chi connectivity index (χ4v) is 2.93. The van der Waals surface area contributed by atoms with Crippen molar-refractivity contribution in [2.45, 2.75) is 13.3 Å². The molecule has 5 heteroatoms. The first-order valence-electron chi connectivity index (χ1n) is 7.89. The topological polar surface area (TPSA) is 58.6 Å². The summed E-state index contributed by atoms with van der Waals surface area (Å²) in [6.07, 6.45) is 0.226. The molecule has 3 rings (SSSR count). The van der Waals surface area contributed by atoms with Gasteiger partial charge < -0.3 is 15.0 Å². The average Bonchev–Trinajstić information content (AvgIpc) is 2.97. The van der Waals surface area contributed by atoms with Gasteiger partial charge in [-0.15, -0.1) is 0 Å². The molecule has 1 saturated heterocycles. The average molecular weight is 324 g/mol. The van der Waals surface area contributed by atoms with Crippen LogP contribution in [0.2, 0.25) is 0 Å². The molecule has 0 saturated carbocycles. The summed E-state index contributed by atoms with van der Waals surface area (Å²) in [4.78, 5) is 26.5. The second-order valence-electron chi connectivity index (χ2n) is 5.91. The number of rotatable bonds is 4. The highest BCUT2D eigenvalue weighted by Gasteiger charge is 2.35. The van der Waals surface area contributed by atoms with E-state index in [0.717, 1.165) is 11.3 Å². The Balaban J connectivity index is 1.71. The molecule has 1 aliphatic heterocycles. The van der Waals surface area contributed by atoms with E-state index in [9.17, 15) is 9.59 Å². The van der Waals surface area contributed by atoms with Crippen LogP contribution >= 0.6 is 0 Å². The molecule has 0 unspecified atom stereocenters. The number of nitrogens with one attached hydrogen (secondary N) is 1. The maximum absolute atomic E-state index is 12.5. The van der Waals surface area contributed by atoms with Gasteiger partial charge in [-0.1, -0.05) is 24.3 Å². The second-order valence-corrected chi connectivity index (χ2v) is 5.91. The van der Waals surface area contributed by atoms with Gasteiger partial charge in [-0.25, -0.2) is 0 Å². The number of amides is 2. The molecule has 124 valence electrons. The van der Waals surface area contributed by atoms with Crippen molar-refractivity contribution < 1.29 is 14.3 Å². The Morgan fingerprint density at radius 1 is 1.21 bits per heavy atom. The Morgan fingerprint density at radius 3 is 2.75 bits per heavy atom. The summed E-state index contributed by atoms with van der Waals surface area (Å²) in [5, 5.41) is 2.87. The molecule has 0 bridgehead atoms. The summed E-state index contributed by atoms with van der Waals surface area (Å²) in [6, 6.07) is 14.9. The molecule has 1 fully saturated rings. The molecule has 2 amide bonds. The number of hydrogen-bond acceptors (Lipinski definition) is 3. The Morgan fingerprint density at radius 2 is 2.00 bits per heavy atom. The number of hydrogen-bond donors (Lipinski definition) is 1. The minimum Gasteiger partial charge on any atom is -0.497 e. The maximum atomic E-state index is 12.5. The summed E-state index contributed by atoms with van der Waals surface area (Å²) < 4.78 is 5.15. The molecular weight excluding hydrogens is 304 g/mol. The van der Waals surface area contributed by atoms with Crippen LogP contribution in [0.15, 0.2) is 48.5 Å². The van der Waals surface area contributed by atoms with Gasteiger partial charge in [0.25, 0.3) is 0 Å². The lowest BCUT2D eigenvalue weighted by atomic mass is 10.1. The van der Waals surface area contributed by atoms with Gasteiger partial charge in [0.2, 0.25) is 11.8 Å². The van der Waals surface area contributed by atoms with Crippen LogP contribution in [0.4, 0.5) is 11.4 Å². The molecule has 1 atom stereocenters. The third kappa shape index (κ3) is 3.25. The fourth-order valence-electron chi connectivity index (χ4n) is 2.93. The maximum Gasteiger partial charge on any atom is 0.229 e. The molecule has 0 radical (unpaired) electrons. The number of carbonyl (C=O) groups is 2. The van der Waals surface area contributed by atoms with Crippen LogP contribution in [-0.4, -0.2) is 25.5 Å². The third-order valence-corrected chi connectivity index (χ3v) is 4.24. The SMILES string of the molecule is COc1cccc(NC(=O)[C@@H]2CC(=O)N(c3ccccc3C)C2)c1. The first-order valence-corrected chi connectivity index (χ1v) is 7.89. The summed E-state index contributed by atoms with van der Waals surface area (Å²) >= 11 is 0. The lowest BCUT2D eigenvalue weighted by Gasteiger charge is -2.19. The van der Waals surface area contributed by atoms with Crippen molar-refractivity contribution in [3.63, 3.8) is 0 Å². The van der Waals surface area contributed by atoms with Crippen LogP contribution in [0.1, 0.15) is 12.0 Å². The van der Waals surface area contributed by atoms with Crippen LogP contribution in [0.3, 0.4) is 0 Å². The molecule has 2 aromatic rings. The van der Waals surface area contributed by atoms with Gasteiger partial charge in [0.1, 0.15) is 5.75 Å². The van der Waals surface area contributed by atoms with Gasteiger partial charge in [0.05, 0.1) is 13.0 Å². The largest absolute Gasteiger partial charge is 0.497 e. The highest BCUT2D eigenvalue weighted by molar-refractivity contribution is 6.03. The monoisotopic (exact) mass is 324 g/mol. The number of para-hydroxylation sites is 1. The summed E-state index contributed by atoms with van der Waals surface area (Å²) in [7, 11) is 1.58. The van der Waals surface area contributed by atoms with E-state index >= 15 is 0 Å². The molecular formula is C19H20N2O3. The number of benzene rings is 2. The number of carbonyl (C=O) groups excluding carboxylic acids is 2. The van der Waals surface area contributed by atoms with Crippen molar-refractivity contribution in [2.24, 2.45) is 5.92 Å². The van der Waals surface area contributed by atoms with E-state index in [0.29, 0.717) is 18.0 Å². The van der Waals surface area contributed by atoms with Crippen molar-refractivity contribution in [1.82, 2.24) is 0 Å². The normalized spacial score (nSPS) is 17.0. The number of nitrogens with zero attached hydrogens (tertiary/aromatic N) is 1. The highest BCUT2D eigenvalue weighted by Crippen LogP contribution is 2.28. The first kappa shape index (κ1) is 16.1. The predicted molar refractivity (Wildman–Crippen MR) is 93.3 cm³/mol. The van der Waals surface area contributed by atoms with Crippen molar-refractivity contribution in [3.8, 4) is 5.75 Å². The van der Waals surface area contributed by atoms with Crippen LogP contribution < -0.4 is 15.0 Å². The van der Waals surface area contributed by atoms with E-state index in [1.807, 2.05) is 43.3 Å². The van der Waals surface area contributed by atoms with E-state index < -0.39 is 0 Å². The smallest absolute Gasteiger partial charge is 0.229 e. The molecule has 2 aromatic carbocycles. The van der Waals surface area contributed by atoms with Gasteiger partial charge in [0.15, 0.2) is 0 Å².